The highest BCUT2D eigenvalue weighted by molar-refractivity contribution is 4.62. The molecule has 19 heavy (non-hydrogen) atoms. The van der Waals surface area contributed by atoms with Gasteiger partial charge in [0.15, 0.2) is 0 Å². The van der Waals surface area contributed by atoms with Crippen molar-refractivity contribution in [2.75, 3.05) is 0 Å². The highest BCUT2D eigenvalue weighted by atomic mass is 16.3. The van der Waals surface area contributed by atoms with E-state index in [2.05, 4.69) is 20.8 Å². The zero-order valence-electron chi connectivity index (χ0n) is 13.8. The zero-order chi connectivity index (χ0) is 14.3. The molecule has 1 nitrogen and oxygen atoms in total. The van der Waals surface area contributed by atoms with Crippen LogP contribution in [0.4, 0.5) is 0 Å². The van der Waals surface area contributed by atoms with Crippen LogP contribution in [-0.4, -0.2) is 11.2 Å². The van der Waals surface area contributed by atoms with Gasteiger partial charge in [0, 0.05) is 0 Å². The SMILES string of the molecule is CCCCCCCCCC[C@@H](O)C[C@H](C)CCCC. The van der Waals surface area contributed by atoms with Gasteiger partial charge in [-0.2, -0.15) is 0 Å². The van der Waals surface area contributed by atoms with Crippen LogP contribution in [0.1, 0.15) is 104 Å². The van der Waals surface area contributed by atoms with E-state index >= 15 is 0 Å². The minimum atomic E-state index is -0.0491. The highest BCUT2D eigenvalue weighted by Crippen LogP contribution is 2.18. The van der Waals surface area contributed by atoms with Gasteiger partial charge in [0.1, 0.15) is 0 Å². The van der Waals surface area contributed by atoms with Crippen molar-refractivity contribution in [3.05, 3.63) is 0 Å². The van der Waals surface area contributed by atoms with Crippen molar-refractivity contribution >= 4 is 0 Å². The molecular formula is C18H38O. The Morgan fingerprint density at radius 1 is 0.684 bits per heavy atom. The molecule has 116 valence electrons. The van der Waals surface area contributed by atoms with Crippen LogP contribution in [0.3, 0.4) is 0 Å². The summed E-state index contributed by atoms with van der Waals surface area (Å²) < 4.78 is 0. The predicted octanol–water partition coefficient (Wildman–Crippen LogP) is 6.09. The van der Waals surface area contributed by atoms with Gasteiger partial charge in [-0.25, -0.2) is 0 Å². The molecule has 0 aromatic rings. The Labute approximate surface area is 122 Å². The summed E-state index contributed by atoms with van der Waals surface area (Å²) in [6.07, 6.45) is 16.7. The average molecular weight is 271 g/mol. The summed E-state index contributed by atoms with van der Waals surface area (Å²) in [5.41, 5.74) is 0. The molecule has 0 fully saturated rings. The smallest absolute Gasteiger partial charge is 0.0542 e. The standard InChI is InChI=1S/C18H38O/c1-4-6-8-9-10-11-12-13-15-18(19)16-17(3)14-7-5-2/h17-19H,4-16H2,1-3H3/t17-,18-/m1/s1. The van der Waals surface area contributed by atoms with Gasteiger partial charge in [-0.3, -0.25) is 0 Å². The van der Waals surface area contributed by atoms with Crippen LogP contribution in [0.5, 0.6) is 0 Å². The Morgan fingerprint density at radius 3 is 1.79 bits per heavy atom. The number of hydrogen-bond acceptors (Lipinski definition) is 1. The highest BCUT2D eigenvalue weighted by Gasteiger charge is 2.09. The van der Waals surface area contributed by atoms with E-state index in [9.17, 15) is 5.11 Å². The number of aliphatic hydroxyl groups excluding tert-OH is 1. The summed E-state index contributed by atoms with van der Waals surface area (Å²) in [6, 6.07) is 0. The lowest BCUT2D eigenvalue weighted by atomic mass is 9.95. The third-order valence-electron chi connectivity index (χ3n) is 4.12. The Kier molecular flexibility index (Phi) is 14.3. The Bertz CT molecular complexity index is 167. The van der Waals surface area contributed by atoms with Crippen LogP contribution in [0.2, 0.25) is 0 Å². The van der Waals surface area contributed by atoms with Crippen LogP contribution in [0.15, 0.2) is 0 Å². The molecule has 1 N–H and O–H groups in total. The molecule has 0 saturated heterocycles. The normalized spacial score (nSPS) is 14.5. The second kappa shape index (κ2) is 14.4. The molecule has 0 amide bonds. The first-order chi connectivity index (χ1) is 9.20. The molecule has 0 unspecified atom stereocenters. The maximum absolute atomic E-state index is 9.99. The van der Waals surface area contributed by atoms with Gasteiger partial charge in [-0.15, -0.1) is 0 Å². The fourth-order valence-corrected chi connectivity index (χ4v) is 2.77. The maximum atomic E-state index is 9.99. The molecule has 0 aliphatic heterocycles. The molecule has 0 rings (SSSR count). The van der Waals surface area contributed by atoms with E-state index in [-0.39, 0.29) is 6.10 Å². The first-order valence-electron chi connectivity index (χ1n) is 8.88. The van der Waals surface area contributed by atoms with Crippen LogP contribution >= 0.6 is 0 Å². The Hall–Kier alpha value is -0.0400. The summed E-state index contributed by atoms with van der Waals surface area (Å²) in [4.78, 5) is 0. The first kappa shape index (κ1) is 19.0. The first-order valence-corrected chi connectivity index (χ1v) is 8.88. The van der Waals surface area contributed by atoms with Gasteiger partial charge in [0.25, 0.3) is 0 Å². The lowest BCUT2D eigenvalue weighted by molar-refractivity contribution is 0.130. The van der Waals surface area contributed by atoms with Crippen LogP contribution < -0.4 is 0 Å². The maximum Gasteiger partial charge on any atom is 0.0542 e. The summed E-state index contributed by atoms with van der Waals surface area (Å²) in [7, 11) is 0. The molecule has 0 aliphatic carbocycles. The van der Waals surface area contributed by atoms with Crippen LogP contribution in [-0.2, 0) is 0 Å². The van der Waals surface area contributed by atoms with E-state index in [0.717, 1.165) is 12.8 Å². The fraction of sp³-hybridized carbons (Fsp3) is 1.00. The number of unbranched alkanes of at least 4 members (excludes halogenated alkanes) is 8. The van der Waals surface area contributed by atoms with Gasteiger partial charge in [0.2, 0.25) is 0 Å². The van der Waals surface area contributed by atoms with E-state index in [0.29, 0.717) is 5.92 Å². The zero-order valence-corrected chi connectivity index (χ0v) is 13.8. The monoisotopic (exact) mass is 270 g/mol. The molecule has 0 bridgehead atoms. The average Bonchev–Trinajstić information content (AvgIpc) is 2.39. The molecule has 1 heteroatoms. The quantitative estimate of drug-likeness (QED) is 0.378. The predicted molar refractivity (Wildman–Crippen MR) is 86.5 cm³/mol. The second-order valence-corrected chi connectivity index (χ2v) is 6.40. The van der Waals surface area contributed by atoms with Crippen molar-refractivity contribution in [3.8, 4) is 0 Å². The Morgan fingerprint density at radius 2 is 1.21 bits per heavy atom. The second-order valence-electron chi connectivity index (χ2n) is 6.40. The minimum Gasteiger partial charge on any atom is -0.393 e. The van der Waals surface area contributed by atoms with Crippen LogP contribution in [0.25, 0.3) is 0 Å². The molecule has 0 radical (unpaired) electrons. The van der Waals surface area contributed by atoms with E-state index < -0.39 is 0 Å². The van der Waals surface area contributed by atoms with Crippen molar-refractivity contribution in [1.82, 2.24) is 0 Å². The molecule has 0 spiro atoms. The molecule has 2 atom stereocenters. The van der Waals surface area contributed by atoms with Crippen molar-refractivity contribution in [2.45, 2.75) is 110 Å². The Balaban J connectivity index is 3.26. The molecule has 0 heterocycles. The van der Waals surface area contributed by atoms with Gasteiger partial charge >= 0.3 is 0 Å². The van der Waals surface area contributed by atoms with E-state index in [1.807, 2.05) is 0 Å². The third kappa shape index (κ3) is 14.2. The molecule has 0 aliphatic rings. The number of aliphatic hydroxyl groups is 1. The number of rotatable bonds is 14. The summed E-state index contributed by atoms with van der Waals surface area (Å²) in [6.45, 7) is 6.79. The topological polar surface area (TPSA) is 20.2 Å². The third-order valence-corrected chi connectivity index (χ3v) is 4.12. The van der Waals surface area contributed by atoms with Crippen molar-refractivity contribution < 1.29 is 5.11 Å². The fourth-order valence-electron chi connectivity index (χ4n) is 2.77. The summed E-state index contributed by atoms with van der Waals surface area (Å²) in [5.74, 6) is 0.698. The van der Waals surface area contributed by atoms with Gasteiger partial charge in [-0.1, -0.05) is 91.4 Å². The van der Waals surface area contributed by atoms with E-state index in [4.69, 9.17) is 0 Å². The summed E-state index contributed by atoms with van der Waals surface area (Å²) in [5, 5.41) is 9.99. The van der Waals surface area contributed by atoms with E-state index in [1.54, 1.807) is 0 Å². The van der Waals surface area contributed by atoms with Crippen molar-refractivity contribution in [2.24, 2.45) is 5.92 Å². The van der Waals surface area contributed by atoms with Crippen molar-refractivity contribution in [1.29, 1.82) is 0 Å². The number of hydrogen-bond donors (Lipinski definition) is 1. The van der Waals surface area contributed by atoms with Crippen molar-refractivity contribution in [3.63, 3.8) is 0 Å². The van der Waals surface area contributed by atoms with Gasteiger partial charge in [-0.05, 0) is 18.8 Å². The summed E-state index contributed by atoms with van der Waals surface area (Å²) >= 11 is 0. The minimum absolute atomic E-state index is 0.0491. The molecule has 0 saturated carbocycles. The van der Waals surface area contributed by atoms with Crippen LogP contribution in [0, 0.1) is 5.92 Å². The van der Waals surface area contributed by atoms with Gasteiger partial charge < -0.3 is 5.11 Å². The lowest BCUT2D eigenvalue weighted by Crippen LogP contribution is -2.11. The van der Waals surface area contributed by atoms with Gasteiger partial charge in [0.05, 0.1) is 6.10 Å². The molecule has 0 aromatic heterocycles. The largest absolute Gasteiger partial charge is 0.393 e. The molecule has 0 aromatic carbocycles. The molecular weight excluding hydrogens is 232 g/mol. The lowest BCUT2D eigenvalue weighted by Gasteiger charge is -2.16. The van der Waals surface area contributed by atoms with E-state index in [1.165, 1.54) is 70.6 Å².